The van der Waals surface area contributed by atoms with Crippen LogP contribution in [0.1, 0.15) is 10.4 Å². The number of nitrogens with zero attached hydrogens (tertiary/aromatic N) is 3. The molecule has 0 spiro atoms. The van der Waals surface area contributed by atoms with Crippen molar-refractivity contribution in [2.24, 2.45) is 10.7 Å². The van der Waals surface area contributed by atoms with Crippen molar-refractivity contribution in [1.82, 2.24) is 15.3 Å². The number of allylic oxidation sites excluding steroid dienone is 1. The van der Waals surface area contributed by atoms with Gasteiger partial charge in [0.1, 0.15) is 16.5 Å². The van der Waals surface area contributed by atoms with E-state index in [1.54, 1.807) is 30.6 Å². The summed E-state index contributed by atoms with van der Waals surface area (Å²) in [6.07, 6.45) is -0.792. The van der Waals surface area contributed by atoms with Crippen LogP contribution in [0.25, 0.3) is 21.5 Å². The van der Waals surface area contributed by atoms with Gasteiger partial charge in [0, 0.05) is 47.4 Å². The van der Waals surface area contributed by atoms with Gasteiger partial charge in [-0.1, -0.05) is 6.07 Å². The number of aliphatic imine (C=N–C) groups is 1. The number of thiazole rings is 1. The van der Waals surface area contributed by atoms with E-state index in [0.717, 1.165) is 16.0 Å². The van der Waals surface area contributed by atoms with Crippen LogP contribution in [0.5, 0.6) is 0 Å². The van der Waals surface area contributed by atoms with E-state index in [2.05, 4.69) is 20.3 Å². The Morgan fingerprint density at radius 2 is 2.07 bits per heavy atom. The molecule has 0 radical (unpaired) electrons. The van der Waals surface area contributed by atoms with Crippen molar-refractivity contribution in [3.63, 3.8) is 0 Å². The molecule has 0 aliphatic rings. The number of rotatable bonds is 3. The third kappa shape index (κ3) is 4.34. The van der Waals surface area contributed by atoms with E-state index in [9.17, 15) is 18.0 Å². The summed E-state index contributed by atoms with van der Waals surface area (Å²) >= 11 is 1.48. The molecule has 0 saturated heterocycles. The Labute approximate surface area is 161 Å². The fourth-order valence-corrected chi connectivity index (χ4v) is 2.94. The molecule has 3 N–H and O–H groups in total. The lowest BCUT2D eigenvalue weighted by molar-refractivity contribution is -0.0925. The number of halogens is 3. The van der Waals surface area contributed by atoms with Gasteiger partial charge in [-0.05, 0) is 18.2 Å². The molecule has 144 valence electrons. The number of carbonyl (C=O) groups excluding carboxylic acids is 1. The van der Waals surface area contributed by atoms with E-state index < -0.39 is 17.8 Å². The van der Waals surface area contributed by atoms with E-state index in [-0.39, 0.29) is 11.4 Å². The van der Waals surface area contributed by atoms with Crippen LogP contribution in [0, 0.1) is 0 Å². The molecule has 1 amide bonds. The molecule has 0 atom stereocenters. The number of benzene rings is 1. The first-order valence-corrected chi connectivity index (χ1v) is 8.78. The molecule has 1 aromatic carbocycles. The van der Waals surface area contributed by atoms with Crippen molar-refractivity contribution >= 4 is 34.0 Å². The van der Waals surface area contributed by atoms with Crippen molar-refractivity contribution in [3.05, 3.63) is 59.4 Å². The Balaban J connectivity index is 1.83. The minimum Gasteiger partial charge on any atom is -0.395 e. The topological polar surface area (TPSA) is 93.3 Å². The van der Waals surface area contributed by atoms with Crippen LogP contribution in [-0.4, -0.2) is 34.9 Å². The highest BCUT2D eigenvalue weighted by Crippen LogP contribution is 2.25. The molecule has 2 aromatic heterocycles. The summed E-state index contributed by atoms with van der Waals surface area (Å²) in [6.45, 7) is 0. The Morgan fingerprint density at radius 3 is 2.71 bits per heavy atom. The van der Waals surface area contributed by atoms with Gasteiger partial charge < -0.3 is 11.1 Å². The average Bonchev–Trinajstić information content (AvgIpc) is 3.20. The number of aromatic nitrogens is 2. The van der Waals surface area contributed by atoms with E-state index in [1.807, 2.05) is 11.4 Å². The molecule has 0 saturated carbocycles. The average molecular weight is 405 g/mol. The number of amides is 1. The molecular formula is C18H14F3N5OS. The molecule has 10 heteroatoms. The molecule has 3 aromatic rings. The maximum Gasteiger partial charge on any atom is 0.430 e. The summed E-state index contributed by atoms with van der Waals surface area (Å²) in [6, 6.07) is 6.70. The van der Waals surface area contributed by atoms with Gasteiger partial charge in [-0.2, -0.15) is 13.2 Å². The van der Waals surface area contributed by atoms with Crippen LogP contribution in [-0.2, 0) is 0 Å². The highest BCUT2D eigenvalue weighted by Gasteiger charge is 2.31. The first kappa shape index (κ1) is 19.5. The van der Waals surface area contributed by atoms with Crippen molar-refractivity contribution < 1.29 is 18.0 Å². The summed E-state index contributed by atoms with van der Waals surface area (Å²) in [5.74, 6) is -0.925. The summed E-state index contributed by atoms with van der Waals surface area (Å²) in [5, 5.41) is 5.79. The number of nitrogens with two attached hydrogens (primary N) is 1. The maximum absolute atomic E-state index is 12.5. The molecule has 0 aliphatic carbocycles. The van der Waals surface area contributed by atoms with Gasteiger partial charge >= 0.3 is 6.18 Å². The first-order chi connectivity index (χ1) is 13.3. The fourth-order valence-electron chi connectivity index (χ4n) is 2.32. The molecule has 0 bridgehead atoms. The first-order valence-electron chi connectivity index (χ1n) is 7.90. The van der Waals surface area contributed by atoms with Gasteiger partial charge in [0.15, 0.2) is 0 Å². The normalized spacial score (nSPS) is 13.0. The van der Waals surface area contributed by atoms with Crippen LogP contribution in [0.4, 0.5) is 13.2 Å². The van der Waals surface area contributed by atoms with Crippen molar-refractivity contribution in [1.29, 1.82) is 0 Å². The lowest BCUT2D eigenvalue weighted by Crippen LogP contribution is -2.31. The monoisotopic (exact) mass is 405 g/mol. The van der Waals surface area contributed by atoms with Crippen LogP contribution in [0.3, 0.4) is 0 Å². The lowest BCUT2D eigenvalue weighted by atomic mass is 10.1. The van der Waals surface area contributed by atoms with Gasteiger partial charge in [-0.15, -0.1) is 11.3 Å². The standard InChI is InChI=1S/C18H14F3N5OS/c1-23-15(8-14(22)18(19,20)21)26-16(27)11-3-2-10-6-12(9-25-13(10)7-11)17-24-4-5-28-17/h2-9H,22H2,1H3,(H,23,26,27). The van der Waals surface area contributed by atoms with Gasteiger partial charge in [0.05, 0.1) is 5.52 Å². The molecule has 0 fully saturated rings. The quantitative estimate of drug-likeness (QED) is 0.515. The number of alkyl halides is 3. The molecule has 0 aliphatic heterocycles. The highest BCUT2D eigenvalue weighted by atomic mass is 32.1. The Bertz CT molecular complexity index is 1070. The molecule has 6 nitrogen and oxygen atoms in total. The third-order valence-electron chi connectivity index (χ3n) is 3.73. The SMILES string of the molecule is CN=C(C=C(N)C(F)(F)F)NC(=O)c1ccc2cc(-c3nccs3)cnc2c1. The van der Waals surface area contributed by atoms with E-state index in [1.165, 1.54) is 18.4 Å². The van der Waals surface area contributed by atoms with Crippen LogP contribution in [0.2, 0.25) is 0 Å². The molecule has 3 rings (SSSR count). The lowest BCUT2D eigenvalue weighted by Gasteiger charge is -2.09. The van der Waals surface area contributed by atoms with Gasteiger partial charge in [0.2, 0.25) is 0 Å². The molecule has 0 unspecified atom stereocenters. The molecule has 2 heterocycles. The van der Waals surface area contributed by atoms with E-state index >= 15 is 0 Å². The number of carbonyl (C=O) groups is 1. The van der Waals surface area contributed by atoms with Crippen LogP contribution < -0.4 is 11.1 Å². The second-order valence-electron chi connectivity index (χ2n) is 5.63. The largest absolute Gasteiger partial charge is 0.430 e. The van der Waals surface area contributed by atoms with Gasteiger partial charge in [-0.25, -0.2) is 4.98 Å². The number of amidine groups is 1. The Hall–Kier alpha value is -3.27. The number of hydrogen-bond donors (Lipinski definition) is 2. The van der Waals surface area contributed by atoms with Crippen LogP contribution >= 0.6 is 11.3 Å². The maximum atomic E-state index is 12.5. The smallest absolute Gasteiger partial charge is 0.395 e. The summed E-state index contributed by atoms with van der Waals surface area (Å²) < 4.78 is 37.6. The number of pyridine rings is 1. The van der Waals surface area contributed by atoms with Crippen molar-refractivity contribution in [2.75, 3.05) is 7.05 Å². The van der Waals surface area contributed by atoms with E-state index in [0.29, 0.717) is 11.6 Å². The number of hydrogen-bond acceptors (Lipinski definition) is 6. The Morgan fingerprint density at radius 1 is 1.29 bits per heavy atom. The predicted octanol–water partition coefficient (Wildman–Crippen LogP) is 3.52. The zero-order valence-electron chi connectivity index (χ0n) is 14.5. The summed E-state index contributed by atoms with van der Waals surface area (Å²) in [5.41, 5.74) is 5.24. The summed E-state index contributed by atoms with van der Waals surface area (Å²) in [7, 11) is 1.25. The van der Waals surface area contributed by atoms with Crippen molar-refractivity contribution in [2.45, 2.75) is 6.18 Å². The fraction of sp³-hybridized carbons (Fsp3) is 0.111. The van der Waals surface area contributed by atoms with Gasteiger partial charge in [-0.3, -0.25) is 14.8 Å². The minimum absolute atomic E-state index is 0.224. The third-order valence-corrected chi connectivity index (χ3v) is 4.55. The van der Waals surface area contributed by atoms with Crippen LogP contribution in [0.15, 0.2) is 58.8 Å². The molecular weight excluding hydrogens is 391 g/mol. The van der Waals surface area contributed by atoms with Crippen molar-refractivity contribution in [3.8, 4) is 10.6 Å². The van der Waals surface area contributed by atoms with Gasteiger partial charge in [0.25, 0.3) is 5.91 Å². The highest BCUT2D eigenvalue weighted by molar-refractivity contribution is 7.13. The number of nitrogens with one attached hydrogen (secondary N) is 1. The molecule has 28 heavy (non-hydrogen) atoms. The second kappa shape index (κ2) is 7.77. The number of fused-ring (bicyclic) bond motifs is 1. The van der Waals surface area contributed by atoms with E-state index in [4.69, 9.17) is 5.73 Å². The summed E-state index contributed by atoms with van der Waals surface area (Å²) in [4.78, 5) is 24.5. The zero-order valence-corrected chi connectivity index (χ0v) is 15.3. The second-order valence-corrected chi connectivity index (χ2v) is 6.52. The minimum atomic E-state index is -4.71. The Kier molecular flexibility index (Phi) is 5.41. The zero-order chi connectivity index (χ0) is 20.3. The predicted molar refractivity (Wildman–Crippen MR) is 102 cm³/mol.